The lowest BCUT2D eigenvalue weighted by molar-refractivity contribution is -0.158. The molecule has 3 rings (SSSR count). The Labute approximate surface area is 174 Å². The molecule has 1 unspecified atom stereocenters. The van der Waals surface area contributed by atoms with Crippen molar-refractivity contribution in [3.8, 4) is 11.5 Å². The number of fused-ring (bicyclic) bond motifs is 1. The second kappa shape index (κ2) is 9.16. The average molecular weight is 415 g/mol. The third-order valence-corrected chi connectivity index (χ3v) is 4.89. The lowest BCUT2D eigenvalue weighted by Gasteiger charge is -2.21. The summed E-state index contributed by atoms with van der Waals surface area (Å²) in [5.41, 5.74) is 1.97. The van der Waals surface area contributed by atoms with Crippen LogP contribution in [0.3, 0.4) is 0 Å². The molecule has 0 aromatic heterocycles. The predicted octanol–water partition coefficient (Wildman–Crippen LogP) is 5.34. The number of benzene rings is 3. The molecule has 6 heteroatoms. The molecule has 0 aliphatic rings. The Kier molecular flexibility index (Phi) is 6.62. The fourth-order valence-corrected chi connectivity index (χ4v) is 3.41. The van der Waals surface area contributed by atoms with Crippen LogP contribution in [0.5, 0.6) is 11.5 Å². The molecule has 3 aromatic carbocycles. The summed E-state index contributed by atoms with van der Waals surface area (Å²) in [7, 11) is 1.60. The molecule has 0 aliphatic heterocycles. The standard InChI is InChI=1S/C23H23ClO5/c1-4-28-23(26)22(29-13-15-5-8-18(27-3)9-6-15)20-14(2)11-16-12-17(24)7-10-19(16)21(20)25/h5-12,22,25H,4,13H2,1-3H3. The number of carbonyl (C=O) groups is 1. The molecule has 1 atom stereocenters. The largest absolute Gasteiger partial charge is 0.507 e. The third kappa shape index (κ3) is 4.63. The van der Waals surface area contributed by atoms with Gasteiger partial charge in [-0.1, -0.05) is 29.8 Å². The number of methoxy groups -OCH3 is 1. The lowest BCUT2D eigenvalue weighted by atomic mass is 9.96. The van der Waals surface area contributed by atoms with Gasteiger partial charge >= 0.3 is 5.97 Å². The number of phenols is 1. The number of hydrogen-bond donors (Lipinski definition) is 1. The van der Waals surface area contributed by atoms with Crippen LogP contribution in [-0.2, 0) is 20.9 Å². The normalized spacial score (nSPS) is 12.0. The maximum Gasteiger partial charge on any atom is 0.340 e. The van der Waals surface area contributed by atoms with Gasteiger partial charge in [-0.15, -0.1) is 0 Å². The molecule has 0 bridgehead atoms. The van der Waals surface area contributed by atoms with Gasteiger partial charge in [-0.2, -0.15) is 0 Å². The van der Waals surface area contributed by atoms with E-state index in [0.717, 1.165) is 16.7 Å². The van der Waals surface area contributed by atoms with Crippen molar-refractivity contribution in [3.63, 3.8) is 0 Å². The van der Waals surface area contributed by atoms with Crippen molar-refractivity contribution >= 4 is 28.3 Å². The van der Waals surface area contributed by atoms with Crippen LogP contribution in [0.4, 0.5) is 0 Å². The summed E-state index contributed by atoms with van der Waals surface area (Å²) in [4.78, 5) is 12.7. The van der Waals surface area contributed by atoms with Crippen molar-refractivity contribution in [3.05, 3.63) is 70.2 Å². The van der Waals surface area contributed by atoms with Gasteiger partial charge in [0.25, 0.3) is 0 Å². The van der Waals surface area contributed by atoms with Crippen LogP contribution in [0.1, 0.15) is 29.7 Å². The number of halogens is 1. The summed E-state index contributed by atoms with van der Waals surface area (Å²) in [6.45, 7) is 3.93. The van der Waals surface area contributed by atoms with Gasteiger partial charge in [-0.05, 0) is 60.7 Å². The number of aryl methyl sites for hydroxylation is 1. The Balaban J connectivity index is 1.97. The summed E-state index contributed by atoms with van der Waals surface area (Å²) >= 11 is 6.07. The van der Waals surface area contributed by atoms with Crippen LogP contribution < -0.4 is 4.74 Å². The Bertz CT molecular complexity index is 1010. The van der Waals surface area contributed by atoms with E-state index < -0.39 is 12.1 Å². The Morgan fingerprint density at radius 3 is 2.52 bits per heavy atom. The zero-order chi connectivity index (χ0) is 21.0. The highest BCUT2D eigenvalue weighted by Crippen LogP contribution is 2.38. The van der Waals surface area contributed by atoms with Gasteiger partial charge in [0, 0.05) is 16.0 Å². The number of rotatable bonds is 7. The molecule has 0 saturated heterocycles. The van der Waals surface area contributed by atoms with Gasteiger partial charge in [-0.3, -0.25) is 0 Å². The van der Waals surface area contributed by atoms with Crippen molar-refractivity contribution in [2.45, 2.75) is 26.6 Å². The predicted molar refractivity (Wildman–Crippen MR) is 113 cm³/mol. The van der Waals surface area contributed by atoms with E-state index in [0.29, 0.717) is 21.5 Å². The number of esters is 1. The van der Waals surface area contributed by atoms with Crippen LogP contribution in [-0.4, -0.2) is 24.8 Å². The minimum Gasteiger partial charge on any atom is -0.507 e. The number of phenolic OH excluding ortho intramolecular Hbond substituents is 1. The second-order valence-electron chi connectivity index (χ2n) is 6.61. The van der Waals surface area contributed by atoms with E-state index in [9.17, 15) is 9.90 Å². The number of carbonyl (C=O) groups excluding carboxylic acids is 1. The first-order chi connectivity index (χ1) is 13.9. The van der Waals surface area contributed by atoms with E-state index in [1.54, 1.807) is 32.2 Å². The zero-order valence-electron chi connectivity index (χ0n) is 16.6. The first-order valence-electron chi connectivity index (χ1n) is 9.27. The van der Waals surface area contributed by atoms with Crippen LogP contribution in [0.15, 0.2) is 48.5 Å². The molecule has 0 fully saturated rings. The molecule has 0 heterocycles. The van der Waals surface area contributed by atoms with Gasteiger partial charge < -0.3 is 19.3 Å². The maximum atomic E-state index is 12.7. The molecule has 1 N–H and O–H groups in total. The topological polar surface area (TPSA) is 65.0 Å². The van der Waals surface area contributed by atoms with Crippen molar-refractivity contribution in [2.75, 3.05) is 13.7 Å². The van der Waals surface area contributed by atoms with E-state index in [1.165, 1.54) is 0 Å². The SMILES string of the molecule is CCOC(=O)C(OCc1ccc(OC)cc1)c1c(C)cc2cc(Cl)ccc2c1O. The Morgan fingerprint density at radius 1 is 1.14 bits per heavy atom. The average Bonchev–Trinajstić information content (AvgIpc) is 2.70. The molecular formula is C23H23ClO5. The fraction of sp³-hybridized carbons (Fsp3) is 0.261. The monoisotopic (exact) mass is 414 g/mol. The first kappa shape index (κ1) is 21.0. The van der Waals surface area contributed by atoms with E-state index in [4.69, 9.17) is 25.8 Å². The third-order valence-electron chi connectivity index (χ3n) is 4.66. The highest BCUT2D eigenvalue weighted by atomic mass is 35.5. The van der Waals surface area contributed by atoms with Gasteiger partial charge in [0.2, 0.25) is 0 Å². The van der Waals surface area contributed by atoms with Crippen molar-refractivity contribution in [1.29, 1.82) is 0 Å². The molecule has 0 amide bonds. The maximum absolute atomic E-state index is 12.7. The molecule has 5 nitrogen and oxygen atoms in total. The van der Waals surface area contributed by atoms with Crippen molar-refractivity contribution < 1.29 is 24.1 Å². The Morgan fingerprint density at radius 2 is 1.86 bits per heavy atom. The quantitative estimate of drug-likeness (QED) is 0.529. The van der Waals surface area contributed by atoms with Gasteiger partial charge in [0.1, 0.15) is 11.5 Å². The number of ether oxygens (including phenoxy) is 3. The second-order valence-corrected chi connectivity index (χ2v) is 7.05. The summed E-state index contributed by atoms with van der Waals surface area (Å²) in [5, 5.41) is 12.9. The summed E-state index contributed by atoms with van der Waals surface area (Å²) in [6, 6.07) is 14.4. The summed E-state index contributed by atoms with van der Waals surface area (Å²) < 4.78 is 16.3. The molecule has 29 heavy (non-hydrogen) atoms. The van der Waals surface area contributed by atoms with E-state index in [1.807, 2.05) is 37.3 Å². The molecule has 3 aromatic rings. The molecule has 152 valence electrons. The van der Waals surface area contributed by atoms with E-state index >= 15 is 0 Å². The van der Waals surface area contributed by atoms with Crippen LogP contribution in [0.2, 0.25) is 5.02 Å². The minimum atomic E-state index is -1.06. The number of hydrogen-bond acceptors (Lipinski definition) is 5. The lowest BCUT2D eigenvalue weighted by Crippen LogP contribution is -2.20. The van der Waals surface area contributed by atoms with E-state index in [-0.39, 0.29) is 19.0 Å². The Hall–Kier alpha value is -2.76. The summed E-state index contributed by atoms with van der Waals surface area (Å²) in [5.74, 6) is 0.176. The van der Waals surface area contributed by atoms with Crippen molar-refractivity contribution in [2.24, 2.45) is 0 Å². The van der Waals surface area contributed by atoms with Gasteiger partial charge in [-0.25, -0.2) is 4.79 Å². The molecule has 0 spiro atoms. The van der Waals surface area contributed by atoms with Gasteiger partial charge in [0.05, 0.1) is 20.3 Å². The number of aromatic hydroxyl groups is 1. The molecule has 0 aliphatic carbocycles. The molecular weight excluding hydrogens is 392 g/mol. The summed E-state index contributed by atoms with van der Waals surface area (Å²) in [6.07, 6.45) is -1.06. The highest BCUT2D eigenvalue weighted by molar-refractivity contribution is 6.31. The van der Waals surface area contributed by atoms with Crippen LogP contribution in [0.25, 0.3) is 10.8 Å². The van der Waals surface area contributed by atoms with Crippen LogP contribution >= 0.6 is 11.6 Å². The van der Waals surface area contributed by atoms with E-state index in [2.05, 4.69) is 0 Å². The molecule has 0 saturated carbocycles. The smallest absolute Gasteiger partial charge is 0.340 e. The highest BCUT2D eigenvalue weighted by Gasteiger charge is 2.29. The first-order valence-corrected chi connectivity index (χ1v) is 9.65. The van der Waals surface area contributed by atoms with Crippen LogP contribution in [0, 0.1) is 6.92 Å². The molecule has 0 radical (unpaired) electrons. The minimum absolute atomic E-state index is 0.00977. The van der Waals surface area contributed by atoms with Crippen molar-refractivity contribution in [1.82, 2.24) is 0 Å². The van der Waals surface area contributed by atoms with Gasteiger partial charge in [0.15, 0.2) is 6.10 Å². The zero-order valence-corrected chi connectivity index (χ0v) is 17.3. The fourth-order valence-electron chi connectivity index (χ4n) is 3.23.